The molecule has 11 heteroatoms. The van der Waals surface area contributed by atoms with Crippen molar-refractivity contribution in [1.82, 2.24) is 13.9 Å². The highest BCUT2D eigenvalue weighted by Gasteiger charge is 2.30. The van der Waals surface area contributed by atoms with Crippen molar-refractivity contribution in [3.8, 4) is 0 Å². The van der Waals surface area contributed by atoms with Gasteiger partial charge in [-0.05, 0) is 24.6 Å². The lowest BCUT2D eigenvalue weighted by Gasteiger charge is -2.26. The molecule has 33 heavy (non-hydrogen) atoms. The molecule has 0 spiro atoms. The second kappa shape index (κ2) is 10.2. The first-order chi connectivity index (χ1) is 15.9. The van der Waals surface area contributed by atoms with Crippen LogP contribution in [0.4, 0.5) is 0 Å². The van der Waals surface area contributed by atoms with Crippen LogP contribution in [0.2, 0.25) is 0 Å². The summed E-state index contributed by atoms with van der Waals surface area (Å²) < 4.78 is 44.8. The SMILES string of the molecule is CCCCn1c(CCC(=O)O[C@@H]2CCOC2=O)nc2cc(S(=O)(=O)N3CCOCC3)ccc21. The number of carbonyl (C=O) groups excluding carboxylic acids is 2. The predicted octanol–water partition coefficient (Wildman–Crippen LogP) is 1.65. The number of ether oxygens (including phenoxy) is 3. The summed E-state index contributed by atoms with van der Waals surface area (Å²) in [6.45, 7) is 4.48. The molecule has 0 aliphatic carbocycles. The highest BCUT2D eigenvalue weighted by molar-refractivity contribution is 7.89. The fourth-order valence-corrected chi connectivity index (χ4v) is 5.46. The van der Waals surface area contributed by atoms with Crippen LogP contribution in [0.1, 0.15) is 38.4 Å². The molecule has 1 atom stereocenters. The lowest BCUT2D eigenvalue weighted by molar-refractivity contribution is -0.160. The van der Waals surface area contributed by atoms with Gasteiger partial charge in [-0.15, -0.1) is 0 Å². The second-order valence-corrected chi connectivity index (χ2v) is 10.1. The number of aryl methyl sites for hydroxylation is 2. The average Bonchev–Trinajstić information content (AvgIpc) is 3.38. The smallest absolute Gasteiger partial charge is 0.347 e. The fourth-order valence-electron chi connectivity index (χ4n) is 4.03. The number of sulfonamides is 1. The third kappa shape index (κ3) is 5.20. The third-order valence-electron chi connectivity index (χ3n) is 5.86. The first-order valence-corrected chi connectivity index (χ1v) is 12.8. The average molecular weight is 480 g/mol. The number of hydrogen-bond donors (Lipinski definition) is 0. The zero-order valence-electron chi connectivity index (χ0n) is 18.7. The summed E-state index contributed by atoms with van der Waals surface area (Å²) in [5.41, 5.74) is 1.40. The molecule has 0 unspecified atom stereocenters. The van der Waals surface area contributed by atoms with E-state index in [4.69, 9.17) is 14.2 Å². The zero-order chi connectivity index (χ0) is 23.4. The van der Waals surface area contributed by atoms with Gasteiger partial charge in [0.15, 0.2) is 0 Å². The van der Waals surface area contributed by atoms with Gasteiger partial charge in [-0.25, -0.2) is 18.2 Å². The number of morpholine rings is 1. The summed E-state index contributed by atoms with van der Waals surface area (Å²) in [6.07, 6.45) is 1.84. The Balaban J connectivity index is 1.55. The third-order valence-corrected chi connectivity index (χ3v) is 7.75. The molecule has 0 N–H and O–H groups in total. The summed E-state index contributed by atoms with van der Waals surface area (Å²) in [4.78, 5) is 28.6. The van der Waals surface area contributed by atoms with Crippen LogP contribution in [0.3, 0.4) is 0 Å². The minimum absolute atomic E-state index is 0.0676. The van der Waals surface area contributed by atoms with Gasteiger partial charge in [-0.1, -0.05) is 13.3 Å². The molecular weight excluding hydrogens is 450 g/mol. The van der Waals surface area contributed by atoms with Crippen molar-refractivity contribution >= 4 is 33.0 Å². The van der Waals surface area contributed by atoms with Crippen LogP contribution in [-0.4, -0.2) is 73.2 Å². The molecule has 2 aliphatic heterocycles. The quantitative estimate of drug-likeness (QED) is 0.499. The molecule has 2 saturated heterocycles. The van der Waals surface area contributed by atoms with E-state index >= 15 is 0 Å². The van der Waals surface area contributed by atoms with E-state index in [1.54, 1.807) is 18.2 Å². The van der Waals surface area contributed by atoms with Crippen LogP contribution < -0.4 is 0 Å². The van der Waals surface area contributed by atoms with Crippen molar-refractivity contribution in [1.29, 1.82) is 0 Å². The Morgan fingerprint density at radius 3 is 2.73 bits per heavy atom. The molecule has 0 radical (unpaired) electrons. The van der Waals surface area contributed by atoms with Gasteiger partial charge in [0.05, 0.1) is 42.2 Å². The maximum atomic E-state index is 13.0. The number of unbranched alkanes of at least 4 members (excludes halogenated alkanes) is 1. The molecule has 2 fully saturated rings. The Morgan fingerprint density at radius 1 is 1.24 bits per heavy atom. The van der Waals surface area contributed by atoms with E-state index in [-0.39, 0.29) is 17.9 Å². The van der Waals surface area contributed by atoms with Crippen molar-refractivity contribution < 1.29 is 32.2 Å². The van der Waals surface area contributed by atoms with Gasteiger partial charge >= 0.3 is 11.9 Å². The molecule has 10 nitrogen and oxygen atoms in total. The van der Waals surface area contributed by atoms with Gasteiger partial charge in [0.2, 0.25) is 16.1 Å². The van der Waals surface area contributed by atoms with E-state index in [0.29, 0.717) is 57.0 Å². The van der Waals surface area contributed by atoms with Crippen LogP contribution in [0.5, 0.6) is 0 Å². The van der Waals surface area contributed by atoms with E-state index in [9.17, 15) is 18.0 Å². The number of benzene rings is 1. The largest absolute Gasteiger partial charge is 0.463 e. The molecule has 1 aromatic heterocycles. The van der Waals surface area contributed by atoms with Gasteiger partial charge in [0, 0.05) is 32.5 Å². The minimum atomic E-state index is -3.63. The normalized spacial score (nSPS) is 19.7. The Kier molecular flexibility index (Phi) is 7.30. The van der Waals surface area contributed by atoms with Crippen LogP contribution in [0.25, 0.3) is 11.0 Å². The molecule has 0 bridgehead atoms. The topological polar surface area (TPSA) is 117 Å². The molecule has 2 aromatic rings. The zero-order valence-corrected chi connectivity index (χ0v) is 19.5. The van der Waals surface area contributed by atoms with E-state index in [2.05, 4.69) is 11.9 Å². The monoisotopic (exact) mass is 479 g/mol. The Morgan fingerprint density at radius 2 is 2.03 bits per heavy atom. The summed E-state index contributed by atoms with van der Waals surface area (Å²) in [5, 5.41) is 0. The molecule has 0 amide bonds. The van der Waals surface area contributed by atoms with Gasteiger partial charge in [0.1, 0.15) is 5.82 Å². The Bertz CT molecular complexity index is 1120. The first kappa shape index (κ1) is 23.7. The predicted molar refractivity (Wildman–Crippen MR) is 118 cm³/mol. The summed E-state index contributed by atoms with van der Waals surface area (Å²) in [5.74, 6) is -0.304. The number of carbonyl (C=O) groups is 2. The van der Waals surface area contributed by atoms with E-state index in [1.165, 1.54) is 4.31 Å². The number of cyclic esters (lactones) is 1. The number of aromatic nitrogens is 2. The van der Waals surface area contributed by atoms with Crippen LogP contribution in [0, 0.1) is 0 Å². The van der Waals surface area contributed by atoms with Crippen LogP contribution in [0.15, 0.2) is 23.1 Å². The Hall–Kier alpha value is -2.50. The lowest BCUT2D eigenvalue weighted by atomic mass is 10.2. The summed E-state index contributed by atoms with van der Waals surface area (Å²) in [7, 11) is -3.63. The number of esters is 2. The van der Waals surface area contributed by atoms with E-state index in [1.807, 2.05) is 4.57 Å². The van der Waals surface area contributed by atoms with Crippen molar-refractivity contribution in [2.24, 2.45) is 0 Å². The Labute approximate surface area is 192 Å². The minimum Gasteiger partial charge on any atom is -0.463 e. The molecule has 2 aliphatic rings. The van der Waals surface area contributed by atoms with Crippen LogP contribution in [-0.2, 0) is 46.8 Å². The van der Waals surface area contributed by atoms with Gasteiger partial charge in [-0.2, -0.15) is 4.31 Å². The second-order valence-electron chi connectivity index (χ2n) is 8.13. The number of imidazole rings is 1. The highest BCUT2D eigenvalue weighted by Crippen LogP contribution is 2.25. The van der Waals surface area contributed by atoms with Crippen molar-refractivity contribution in [3.05, 3.63) is 24.0 Å². The number of hydrogen-bond acceptors (Lipinski definition) is 8. The molecule has 3 heterocycles. The van der Waals surface area contributed by atoms with Crippen molar-refractivity contribution in [3.63, 3.8) is 0 Å². The number of fused-ring (bicyclic) bond motifs is 1. The lowest BCUT2D eigenvalue weighted by Crippen LogP contribution is -2.40. The van der Waals surface area contributed by atoms with Crippen molar-refractivity contribution in [2.45, 2.75) is 56.6 Å². The van der Waals surface area contributed by atoms with E-state index < -0.39 is 28.1 Å². The van der Waals surface area contributed by atoms with Gasteiger partial charge in [0.25, 0.3) is 0 Å². The molecule has 180 valence electrons. The number of rotatable bonds is 9. The van der Waals surface area contributed by atoms with Crippen LogP contribution >= 0.6 is 0 Å². The van der Waals surface area contributed by atoms with Gasteiger partial charge < -0.3 is 18.8 Å². The maximum absolute atomic E-state index is 13.0. The summed E-state index contributed by atoms with van der Waals surface area (Å²) in [6, 6.07) is 4.99. The number of nitrogens with zero attached hydrogens (tertiary/aromatic N) is 3. The fraction of sp³-hybridized carbons (Fsp3) is 0.591. The van der Waals surface area contributed by atoms with Gasteiger partial charge in [-0.3, -0.25) is 4.79 Å². The highest BCUT2D eigenvalue weighted by atomic mass is 32.2. The molecule has 0 saturated carbocycles. The van der Waals surface area contributed by atoms with Crippen molar-refractivity contribution in [2.75, 3.05) is 32.9 Å². The maximum Gasteiger partial charge on any atom is 0.347 e. The standard InChI is InChI=1S/C22H29N3O7S/c1-2-3-9-25-18-5-4-16(33(28,29)24-10-13-30-14-11-24)15-17(18)23-20(25)6-7-21(26)32-19-8-12-31-22(19)27/h4-5,15,19H,2-3,6-14H2,1H3/t19-/m1/s1. The first-order valence-electron chi connectivity index (χ1n) is 11.3. The summed E-state index contributed by atoms with van der Waals surface area (Å²) >= 11 is 0. The molecule has 4 rings (SSSR count). The molecular formula is C22H29N3O7S. The molecule has 1 aromatic carbocycles. The van der Waals surface area contributed by atoms with E-state index in [0.717, 1.165) is 18.4 Å².